The summed E-state index contributed by atoms with van der Waals surface area (Å²) < 4.78 is 11.7. The van der Waals surface area contributed by atoms with Crippen molar-refractivity contribution in [1.29, 1.82) is 0 Å². The molecule has 0 radical (unpaired) electrons. The van der Waals surface area contributed by atoms with E-state index in [4.69, 9.17) is 9.47 Å². The Morgan fingerprint density at radius 3 is 1.88 bits per heavy atom. The monoisotopic (exact) mass is 354 g/mol. The highest BCUT2D eigenvalue weighted by Gasteiger charge is 2.46. The number of rotatable bonds is 13. The fraction of sp³-hybridized carbons (Fsp3) is 0.900. The van der Waals surface area contributed by atoms with Gasteiger partial charge >= 0.3 is 0 Å². The lowest BCUT2D eigenvalue weighted by atomic mass is 9.86. The number of hydrogen-bond acceptors (Lipinski definition) is 4. The van der Waals surface area contributed by atoms with Gasteiger partial charge in [-0.3, -0.25) is 9.59 Å². The van der Waals surface area contributed by atoms with Gasteiger partial charge < -0.3 is 9.47 Å². The van der Waals surface area contributed by atoms with Crippen LogP contribution in [0, 0.1) is 0 Å². The van der Waals surface area contributed by atoms with E-state index in [-0.39, 0.29) is 11.8 Å². The van der Waals surface area contributed by atoms with Gasteiger partial charge in [0.2, 0.25) is 0 Å². The van der Waals surface area contributed by atoms with Crippen LogP contribution in [-0.4, -0.2) is 36.4 Å². The van der Waals surface area contributed by atoms with Crippen LogP contribution in [0.1, 0.15) is 93.4 Å². The van der Waals surface area contributed by atoms with Crippen LogP contribution in [0.2, 0.25) is 6.32 Å². The van der Waals surface area contributed by atoms with E-state index >= 15 is 0 Å². The first-order valence-corrected chi connectivity index (χ1v) is 9.85. The van der Waals surface area contributed by atoms with E-state index < -0.39 is 16.8 Å². The van der Waals surface area contributed by atoms with Gasteiger partial charge in [0.05, 0.1) is 0 Å². The normalized spacial score (nSPS) is 12.9. The van der Waals surface area contributed by atoms with Gasteiger partial charge in [-0.2, -0.15) is 0 Å². The molecule has 5 heteroatoms. The molecule has 0 aliphatic carbocycles. The Morgan fingerprint density at radius 1 is 0.840 bits per heavy atom. The minimum absolute atomic E-state index is 0.105. The molecule has 0 atom stereocenters. The Kier molecular flexibility index (Phi) is 10.0. The highest BCUT2D eigenvalue weighted by Crippen LogP contribution is 2.34. The van der Waals surface area contributed by atoms with Crippen molar-refractivity contribution >= 4 is 19.6 Å². The molecule has 0 aromatic rings. The molecule has 0 aliphatic heterocycles. The summed E-state index contributed by atoms with van der Waals surface area (Å²) >= 11 is 0. The maximum Gasteiger partial charge on any atom is 0.298 e. The van der Waals surface area contributed by atoms with Gasteiger partial charge in [0, 0.05) is 12.7 Å². The molecule has 0 aliphatic rings. The van der Waals surface area contributed by atoms with Crippen LogP contribution in [-0.2, 0) is 19.1 Å². The fourth-order valence-corrected chi connectivity index (χ4v) is 2.66. The standard InChI is InChI=1S/C20H39BO4/c1-8-9-10-11-12-13-14-16(22)18(2,3)25-20(6,7)19(4,5)24-17(23)15-21/h8-15,21H2,1-7H3. The average molecular weight is 354 g/mol. The van der Waals surface area contributed by atoms with Gasteiger partial charge in [0.1, 0.15) is 24.6 Å². The van der Waals surface area contributed by atoms with Gasteiger partial charge in [-0.15, -0.1) is 0 Å². The Labute approximate surface area is 155 Å². The first-order chi connectivity index (χ1) is 11.4. The Balaban J connectivity index is 4.64. The van der Waals surface area contributed by atoms with Crippen LogP contribution in [0.3, 0.4) is 0 Å². The van der Waals surface area contributed by atoms with Crippen molar-refractivity contribution < 1.29 is 19.1 Å². The SMILES string of the molecule is BCC(=O)OC(C)(C)C(C)(C)OC(C)(C)C(=O)CCCCCCCC. The zero-order valence-electron chi connectivity index (χ0n) is 17.8. The molecule has 146 valence electrons. The number of ether oxygens (including phenoxy) is 2. The van der Waals surface area contributed by atoms with E-state index in [0.717, 1.165) is 12.8 Å². The molecular formula is C20H39BO4. The lowest BCUT2D eigenvalue weighted by molar-refractivity contribution is -0.218. The fourth-order valence-electron chi connectivity index (χ4n) is 2.66. The van der Waals surface area contributed by atoms with Gasteiger partial charge in [-0.1, -0.05) is 39.0 Å². The van der Waals surface area contributed by atoms with Crippen LogP contribution in [0.25, 0.3) is 0 Å². The van der Waals surface area contributed by atoms with Crippen molar-refractivity contribution in [2.45, 2.75) is 117 Å². The van der Waals surface area contributed by atoms with E-state index in [0.29, 0.717) is 12.7 Å². The van der Waals surface area contributed by atoms with Gasteiger partial charge in [-0.25, -0.2) is 0 Å². The molecule has 0 rings (SSSR count). The quantitative estimate of drug-likeness (QED) is 0.282. The van der Waals surface area contributed by atoms with Crippen LogP contribution >= 0.6 is 0 Å². The third-order valence-electron chi connectivity index (χ3n) is 5.05. The van der Waals surface area contributed by atoms with E-state index in [1.807, 2.05) is 41.5 Å². The lowest BCUT2D eigenvalue weighted by Gasteiger charge is -2.44. The van der Waals surface area contributed by atoms with Crippen LogP contribution < -0.4 is 0 Å². The Hall–Kier alpha value is -0.835. The second kappa shape index (κ2) is 10.3. The molecule has 0 saturated carbocycles. The molecule has 0 heterocycles. The van der Waals surface area contributed by atoms with Crippen LogP contribution in [0.5, 0.6) is 0 Å². The summed E-state index contributed by atoms with van der Waals surface area (Å²) in [4.78, 5) is 24.3. The largest absolute Gasteiger partial charge is 0.457 e. The summed E-state index contributed by atoms with van der Waals surface area (Å²) in [5.41, 5.74) is -2.50. The van der Waals surface area contributed by atoms with Crippen molar-refractivity contribution in [2.24, 2.45) is 0 Å². The molecule has 0 amide bonds. The maximum absolute atomic E-state index is 12.6. The highest BCUT2D eigenvalue weighted by molar-refractivity contribution is 6.18. The first-order valence-electron chi connectivity index (χ1n) is 9.85. The molecular weight excluding hydrogens is 315 g/mol. The van der Waals surface area contributed by atoms with Gasteiger partial charge in [-0.05, 0) is 48.0 Å². The molecule has 0 bridgehead atoms. The molecule has 4 nitrogen and oxygen atoms in total. The molecule has 0 spiro atoms. The molecule has 0 unspecified atom stereocenters. The van der Waals surface area contributed by atoms with Gasteiger partial charge in [0.25, 0.3) is 5.97 Å². The van der Waals surface area contributed by atoms with Gasteiger partial charge in [0.15, 0.2) is 5.78 Å². The zero-order chi connectivity index (χ0) is 19.7. The number of Topliss-reactive ketones (excluding diaryl/α,β-unsaturated/α-hetero) is 1. The van der Waals surface area contributed by atoms with E-state index in [9.17, 15) is 9.59 Å². The Morgan fingerprint density at radius 2 is 1.36 bits per heavy atom. The summed E-state index contributed by atoms with van der Waals surface area (Å²) in [6, 6.07) is 0. The first kappa shape index (κ1) is 24.2. The summed E-state index contributed by atoms with van der Waals surface area (Å²) in [5, 5.41) is 0. The minimum Gasteiger partial charge on any atom is -0.457 e. The van der Waals surface area contributed by atoms with Crippen LogP contribution in [0.4, 0.5) is 0 Å². The summed E-state index contributed by atoms with van der Waals surface area (Å²) in [6.45, 7) is 13.2. The number of esters is 1. The smallest absolute Gasteiger partial charge is 0.298 e. The van der Waals surface area contributed by atoms with E-state index in [1.165, 1.54) is 25.7 Å². The number of unbranched alkanes of at least 4 members (excludes halogenated alkanes) is 5. The molecule has 0 aromatic heterocycles. The molecule has 0 fully saturated rings. The number of carbonyl (C=O) groups is 2. The highest BCUT2D eigenvalue weighted by atomic mass is 16.6. The zero-order valence-corrected chi connectivity index (χ0v) is 17.8. The molecule has 0 aromatic carbocycles. The van der Waals surface area contributed by atoms with Crippen molar-refractivity contribution in [3.63, 3.8) is 0 Å². The van der Waals surface area contributed by atoms with Crippen molar-refractivity contribution in [1.82, 2.24) is 0 Å². The van der Waals surface area contributed by atoms with E-state index in [2.05, 4.69) is 6.92 Å². The summed E-state index contributed by atoms with van der Waals surface area (Å²) in [7, 11) is 1.76. The molecule has 0 N–H and O–H groups in total. The average Bonchev–Trinajstić information content (AvgIpc) is 2.48. The number of hydrogen-bond donors (Lipinski definition) is 0. The maximum atomic E-state index is 12.6. The second-order valence-corrected chi connectivity index (χ2v) is 8.40. The third kappa shape index (κ3) is 8.39. The molecule has 25 heavy (non-hydrogen) atoms. The predicted octanol–water partition coefficient (Wildman–Crippen LogP) is 4.25. The topological polar surface area (TPSA) is 52.6 Å². The third-order valence-corrected chi connectivity index (χ3v) is 5.05. The second-order valence-electron chi connectivity index (χ2n) is 8.40. The van der Waals surface area contributed by atoms with Crippen molar-refractivity contribution in [3.05, 3.63) is 0 Å². The minimum atomic E-state index is -0.900. The summed E-state index contributed by atoms with van der Waals surface area (Å²) in [5.74, 6) is -0.161. The lowest BCUT2D eigenvalue weighted by Crippen LogP contribution is -2.55. The number of ketones is 1. The predicted molar refractivity (Wildman–Crippen MR) is 106 cm³/mol. The van der Waals surface area contributed by atoms with Crippen molar-refractivity contribution in [2.75, 3.05) is 0 Å². The molecule has 0 saturated heterocycles. The number of carbonyl (C=O) groups excluding carboxylic acids is 2. The Bertz CT molecular complexity index is 427. The van der Waals surface area contributed by atoms with Crippen molar-refractivity contribution in [3.8, 4) is 0 Å². The van der Waals surface area contributed by atoms with Crippen LogP contribution in [0.15, 0.2) is 0 Å². The van der Waals surface area contributed by atoms with E-state index in [1.54, 1.807) is 7.85 Å². The summed E-state index contributed by atoms with van der Waals surface area (Å²) in [6.07, 6.45) is 7.77.